The predicted octanol–water partition coefficient (Wildman–Crippen LogP) is 14.6. The van der Waals surface area contributed by atoms with Crippen molar-refractivity contribution in [3.63, 3.8) is 0 Å². The molecule has 0 spiro atoms. The Morgan fingerprint density at radius 1 is 0.232 bits per heavy atom. The summed E-state index contributed by atoms with van der Waals surface area (Å²) in [4.78, 5) is 27.8. The van der Waals surface area contributed by atoms with Crippen LogP contribution in [0.4, 0.5) is 0 Å². The van der Waals surface area contributed by atoms with Crippen LogP contribution in [0.15, 0.2) is 231 Å². The van der Waals surface area contributed by atoms with Crippen LogP contribution in [0, 0.1) is 0 Å². The molecule has 0 amide bonds. The van der Waals surface area contributed by atoms with Crippen molar-refractivity contribution >= 4 is 65.4 Å². The molecule has 0 aliphatic carbocycles. The average Bonchev–Trinajstić information content (AvgIpc) is 4.07. The van der Waals surface area contributed by atoms with Gasteiger partial charge >= 0.3 is 0 Å². The van der Waals surface area contributed by atoms with Gasteiger partial charge in [-0.15, -0.1) is 0 Å². The Hall–Kier alpha value is -9.53. The van der Waals surface area contributed by atoms with Crippen LogP contribution in [0.25, 0.3) is 128 Å². The van der Waals surface area contributed by atoms with Crippen LogP contribution in [-0.4, -0.2) is 38.6 Å². The fourth-order valence-electron chi connectivity index (χ4n) is 10.3. The van der Waals surface area contributed by atoms with E-state index >= 15 is 0 Å². The van der Waals surface area contributed by atoms with E-state index in [0.717, 1.165) is 87.7 Å². The molecule has 14 aromatic rings. The average molecular weight is 883 g/mol. The molecule has 0 saturated carbocycles. The van der Waals surface area contributed by atoms with Crippen molar-refractivity contribution in [3.8, 4) is 62.9 Å². The van der Waals surface area contributed by atoms with E-state index in [9.17, 15) is 0 Å². The van der Waals surface area contributed by atoms with E-state index in [0.29, 0.717) is 40.6 Å². The van der Waals surface area contributed by atoms with Crippen molar-refractivity contribution in [2.24, 2.45) is 0 Å². The van der Waals surface area contributed by atoms with E-state index in [-0.39, 0.29) is 0 Å². The first-order valence-electron chi connectivity index (χ1n) is 23.1. The fourth-order valence-corrected chi connectivity index (χ4v) is 10.3. The van der Waals surface area contributed by atoms with Gasteiger partial charge in [-0.3, -0.25) is 13.7 Å². The standard InChI is InChI=1S/C61H38N8/c1-4-20-39(21-5-1)42-36-37-54-48(38-42)47-30-14-19-35-53(47)69(54)61-65-59(67-49-31-15-10-26-43(49)44-27-11-16-32-50(44)67)55(60(66-61)68-51-33-17-12-28-45(51)46-29-13-18-34-52(46)68)58-63-56(40-22-6-2-7-23-40)62-57(64-58)41-24-8-3-9-25-41/h1-38H. The largest absolute Gasteiger partial charge is 0.293 e. The lowest BCUT2D eigenvalue weighted by Gasteiger charge is -2.20. The quantitative estimate of drug-likeness (QED) is 0.159. The Morgan fingerprint density at radius 2 is 0.565 bits per heavy atom. The molecule has 14 rings (SSSR count). The minimum atomic E-state index is 0.442. The number of hydrogen-bond donors (Lipinski definition) is 0. The molecule has 0 aliphatic rings. The highest BCUT2D eigenvalue weighted by Crippen LogP contribution is 2.42. The van der Waals surface area contributed by atoms with Gasteiger partial charge in [0.25, 0.3) is 0 Å². The van der Waals surface area contributed by atoms with E-state index in [1.807, 2.05) is 60.7 Å². The van der Waals surface area contributed by atoms with E-state index in [1.165, 1.54) is 0 Å². The van der Waals surface area contributed by atoms with E-state index in [1.54, 1.807) is 0 Å². The number of para-hydroxylation sites is 5. The predicted molar refractivity (Wildman–Crippen MR) is 280 cm³/mol. The second kappa shape index (κ2) is 15.5. The third-order valence-corrected chi connectivity index (χ3v) is 13.3. The van der Waals surface area contributed by atoms with Crippen molar-refractivity contribution in [3.05, 3.63) is 231 Å². The lowest BCUT2D eigenvalue weighted by molar-refractivity contribution is 0.914. The third kappa shape index (κ3) is 6.13. The molecular formula is C61H38N8. The van der Waals surface area contributed by atoms with E-state index in [4.69, 9.17) is 24.9 Å². The van der Waals surface area contributed by atoms with Crippen molar-refractivity contribution in [1.82, 2.24) is 38.6 Å². The van der Waals surface area contributed by atoms with Crippen LogP contribution < -0.4 is 0 Å². The van der Waals surface area contributed by atoms with E-state index < -0.39 is 0 Å². The molecule has 0 aliphatic heterocycles. The number of fused-ring (bicyclic) bond motifs is 9. The molecule has 69 heavy (non-hydrogen) atoms. The Morgan fingerprint density at radius 3 is 1.00 bits per heavy atom. The molecule has 5 aromatic heterocycles. The first-order chi connectivity index (χ1) is 34.2. The maximum absolute atomic E-state index is 5.85. The molecule has 0 bridgehead atoms. The molecule has 9 aromatic carbocycles. The molecule has 8 nitrogen and oxygen atoms in total. The fraction of sp³-hybridized carbons (Fsp3) is 0. The van der Waals surface area contributed by atoms with Gasteiger partial charge in [0.1, 0.15) is 5.56 Å². The summed E-state index contributed by atoms with van der Waals surface area (Å²) in [6.45, 7) is 0. The molecule has 0 N–H and O–H groups in total. The van der Waals surface area contributed by atoms with Gasteiger partial charge in [-0.05, 0) is 53.6 Å². The lowest BCUT2D eigenvalue weighted by atomic mass is 10.0. The van der Waals surface area contributed by atoms with Crippen LogP contribution in [-0.2, 0) is 0 Å². The van der Waals surface area contributed by atoms with E-state index in [2.05, 4.69) is 184 Å². The van der Waals surface area contributed by atoms with Gasteiger partial charge in [-0.2, -0.15) is 9.97 Å². The second-order valence-corrected chi connectivity index (χ2v) is 17.3. The molecule has 0 fully saturated rings. The summed E-state index contributed by atoms with van der Waals surface area (Å²) in [6, 6.07) is 80.2. The number of benzene rings is 9. The molecular weight excluding hydrogens is 845 g/mol. The van der Waals surface area contributed by atoms with Crippen molar-refractivity contribution in [1.29, 1.82) is 0 Å². The minimum Gasteiger partial charge on any atom is -0.293 e. The van der Waals surface area contributed by atoms with Gasteiger partial charge in [0.2, 0.25) is 5.95 Å². The highest BCUT2D eigenvalue weighted by Gasteiger charge is 2.29. The van der Waals surface area contributed by atoms with Crippen LogP contribution in [0.3, 0.4) is 0 Å². The number of hydrogen-bond acceptors (Lipinski definition) is 5. The number of aromatic nitrogens is 8. The van der Waals surface area contributed by atoms with Gasteiger partial charge in [0.15, 0.2) is 29.1 Å². The normalized spacial score (nSPS) is 11.8. The SMILES string of the molecule is c1ccc(-c2ccc3c(c2)c2ccccc2n3-c2nc(-n3c4ccccc4c4ccccc43)c(-c3nc(-c4ccccc4)nc(-c4ccccc4)n3)c(-n3c4ccccc4c4ccccc43)n2)cc1. The maximum Gasteiger partial charge on any atom is 0.238 e. The smallest absolute Gasteiger partial charge is 0.238 e. The van der Waals surface area contributed by atoms with Crippen LogP contribution in [0.5, 0.6) is 0 Å². The van der Waals surface area contributed by atoms with Gasteiger partial charge < -0.3 is 0 Å². The van der Waals surface area contributed by atoms with Gasteiger partial charge in [-0.1, -0.05) is 188 Å². The Balaban J connectivity index is 1.19. The molecule has 0 saturated heterocycles. The highest BCUT2D eigenvalue weighted by molar-refractivity contribution is 6.13. The third-order valence-electron chi connectivity index (χ3n) is 13.3. The van der Waals surface area contributed by atoms with Gasteiger partial charge in [0, 0.05) is 43.4 Å². The highest BCUT2D eigenvalue weighted by atomic mass is 15.2. The molecule has 5 heterocycles. The summed E-state index contributed by atoms with van der Waals surface area (Å²) in [5.41, 5.74) is 10.6. The molecule has 322 valence electrons. The summed E-state index contributed by atoms with van der Waals surface area (Å²) in [5, 5.41) is 6.63. The van der Waals surface area contributed by atoms with Gasteiger partial charge in [-0.25, -0.2) is 15.0 Å². The summed E-state index contributed by atoms with van der Waals surface area (Å²) in [6.07, 6.45) is 0. The number of nitrogens with zero attached hydrogens (tertiary/aromatic N) is 8. The summed E-state index contributed by atoms with van der Waals surface area (Å²) in [5.74, 6) is 3.29. The Kier molecular flexibility index (Phi) is 8.72. The maximum atomic E-state index is 5.85. The topological polar surface area (TPSA) is 79.2 Å². The first kappa shape index (κ1) is 38.7. The minimum absolute atomic E-state index is 0.442. The lowest BCUT2D eigenvalue weighted by Crippen LogP contribution is -2.14. The molecule has 0 atom stereocenters. The summed E-state index contributed by atoms with van der Waals surface area (Å²) < 4.78 is 6.77. The van der Waals surface area contributed by atoms with Gasteiger partial charge in [0.05, 0.1) is 33.1 Å². The van der Waals surface area contributed by atoms with Crippen molar-refractivity contribution in [2.75, 3.05) is 0 Å². The van der Waals surface area contributed by atoms with Crippen LogP contribution >= 0.6 is 0 Å². The second-order valence-electron chi connectivity index (χ2n) is 17.3. The van der Waals surface area contributed by atoms with Crippen molar-refractivity contribution in [2.45, 2.75) is 0 Å². The Labute approximate surface area is 395 Å². The zero-order valence-corrected chi connectivity index (χ0v) is 37.0. The zero-order chi connectivity index (χ0) is 45.4. The zero-order valence-electron chi connectivity index (χ0n) is 37.0. The first-order valence-corrected chi connectivity index (χ1v) is 23.1. The number of rotatable bonds is 7. The molecule has 0 unspecified atom stereocenters. The monoisotopic (exact) mass is 882 g/mol. The van der Waals surface area contributed by atoms with Crippen LogP contribution in [0.1, 0.15) is 0 Å². The van der Waals surface area contributed by atoms with Crippen LogP contribution in [0.2, 0.25) is 0 Å². The molecule has 8 heteroatoms. The van der Waals surface area contributed by atoms with Crippen molar-refractivity contribution < 1.29 is 0 Å². The summed E-state index contributed by atoms with van der Waals surface area (Å²) >= 11 is 0. The molecule has 0 radical (unpaired) electrons. The summed E-state index contributed by atoms with van der Waals surface area (Å²) in [7, 11) is 0. The Bertz CT molecular complexity index is 4000.